The second-order valence-corrected chi connectivity index (χ2v) is 6.12. The molecule has 0 fully saturated rings. The fourth-order valence-corrected chi connectivity index (χ4v) is 3.07. The van der Waals surface area contributed by atoms with Crippen LogP contribution >= 0.6 is 31.9 Å². The zero-order valence-corrected chi connectivity index (χ0v) is 13.9. The van der Waals surface area contributed by atoms with Crippen molar-refractivity contribution in [1.82, 2.24) is 10.3 Å². The molecule has 2 aromatic rings. The lowest BCUT2D eigenvalue weighted by Gasteiger charge is -2.19. The average Bonchev–Trinajstić information content (AvgIpc) is 2.39. The van der Waals surface area contributed by atoms with Crippen LogP contribution in [-0.4, -0.2) is 11.5 Å². The summed E-state index contributed by atoms with van der Waals surface area (Å²) in [5, 5.41) is 3.53. The number of halogens is 2. The maximum Gasteiger partial charge on any atom is 0.0410 e. The molecule has 0 aliphatic heterocycles. The molecule has 0 radical (unpaired) electrons. The highest BCUT2D eigenvalue weighted by Crippen LogP contribution is 2.26. The van der Waals surface area contributed by atoms with Crippen molar-refractivity contribution in [3.63, 3.8) is 0 Å². The highest BCUT2D eigenvalue weighted by molar-refractivity contribution is 9.10. The Balaban J connectivity index is 2.24. The van der Waals surface area contributed by atoms with E-state index in [4.69, 9.17) is 0 Å². The predicted molar refractivity (Wildman–Crippen MR) is 86.2 cm³/mol. The third-order valence-electron chi connectivity index (χ3n) is 2.93. The number of benzene rings is 1. The Hall–Kier alpha value is -0.710. The summed E-state index contributed by atoms with van der Waals surface area (Å²) < 4.78 is 2.16. The first-order valence-corrected chi connectivity index (χ1v) is 7.86. The number of hydrogen-bond donors (Lipinski definition) is 1. The van der Waals surface area contributed by atoms with Gasteiger partial charge in [0.2, 0.25) is 0 Å². The van der Waals surface area contributed by atoms with Gasteiger partial charge in [-0.1, -0.05) is 41.1 Å². The van der Waals surface area contributed by atoms with Gasteiger partial charge in [-0.2, -0.15) is 0 Å². The highest BCUT2D eigenvalue weighted by Gasteiger charge is 2.14. The number of aromatic nitrogens is 1. The van der Waals surface area contributed by atoms with E-state index >= 15 is 0 Å². The summed E-state index contributed by atoms with van der Waals surface area (Å²) in [6.45, 7) is 3.07. The van der Waals surface area contributed by atoms with Crippen LogP contribution in [0.3, 0.4) is 0 Å². The Bertz CT molecular complexity index is 543. The van der Waals surface area contributed by atoms with Crippen molar-refractivity contribution in [2.45, 2.75) is 19.4 Å². The molecule has 1 atom stereocenters. The van der Waals surface area contributed by atoms with Gasteiger partial charge in [-0.05, 0) is 52.2 Å². The molecule has 0 aliphatic carbocycles. The molecule has 0 amide bonds. The Morgan fingerprint density at radius 1 is 1.21 bits per heavy atom. The lowest BCUT2D eigenvalue weighted by Crippen LogP contribution is -2.23. The quantitative estimate of drug-likeness (QED) is 0.822. The van der Waals surface area contributed by atoms with E-state index in [1.165, 1.54) is 11.1 Å². The minimum absolute atomic E-state index is 0.289. The number of nitrogens with zero attached hydrogens (tertiary/aromatic N) is 1. The number of pyridine rings is 1. The molecule has 0 aliphatic rings. The minimum atomic E-state index is 0.289. The van der Waals surface area contributed by atoms with Crippen LogP contribution in [0.4, 0.5) is 0 Å². The van der Waals surface area contributed by atoms with E-state index in [1.54, 1.807) is 0 Å². The van der Waals surface area contributed by atoms with E-state index in [0.717, 1.165) is 21.9 Å². The molecule has 2 rings (SSSR count). The fraction of sp³-hybridized carbons (Fsp3) is 0.267. The zero-order valence-electron chi connectivity index (χ0n) is 10.7. The van der Waals surface area contributed by atoms with E-state index in [9.17, 15) is 0 Å². The number of rotatable bonds is 5. The molecule has 0 spiro atoms. The highest BCUT2D eigenvalue weighted by atomic mass is 79.9. The lowest BCUT2D eigenvalue weighted by molar-refractivity contribution is 0.547. The molecular formula is C15H16Br2N2. The Labute approximate surface area is 130 Å². The molecule has 2 nitrogen and oxygen atoms in total. The Kier molecular flexibility index (Phi) is 5.55. The van der Waals surface area contributed by atoms with Gasteiger partial charge in [-0.15, -0.1) is 0 Å². The monoisotopic (exact) mass is 382 g/mol. The Morgan fingerprint density at radius 3 is 2.68 bits per heavy atom. The third-order valence-corrected chi connectivity index (χ3v) is 4.09. The molecule has 19 heavy (non-hydrogen) atoms. The van der Waals surface area contributed by atoms with Gasteiger partial charge in [0.1, 0.15) is 0 Å². The molecule has 0 bridgehead atoms. The lowest BCUT2D eigenvalue weighted by atomic mass is 10.00. The molecule has 0 saturated carbocycles. The van der Waals surface area contributed by atoms with Gasteiger partial charge < -0.3 is 5.32 Å². The summed E-state index contributed by atoms with van der Waals surface area (Å²) in [6.07, 6.45) is 4.65. The van der Waals surface area contributed by atoms with Crippen molar-refractivity contribution < 1.29 is 0 Å². The van der Waals surface area contributed by atoms with E-state index in [-0.39, 0.29) is 6.04 Å². The molecule has 1 aromatic heterocycles. The molecule has 1 unspecified atom stereocenters. The number of likely N-dealkylation sites (N-methyl/N-ethyl adjacent to an activating group) is 1. The van der Waals surface area contributed by atoms with E-state index < -0.39 is 0 Å². The van der Waals surface area contributed by atoms with Gasteiger partial charge in [0.15, 0.2) is 0 Å². The summed E-state index contributed by atoms with van der Waals surface area (Å²) >= 11 is 7.10. The summed E-state index contributed by atoms with van der Waals surface area (Å²) in [5.74, 6) is 0. The van der Waals surface area contributed by atoms with Crippen LogP contribution in [0, 0.1) is 0 Å². The number of nitrogens with one attached hydrogen (secondary N) is 1. The topological polar surface area (TPSA) is 24.9 Å². The molecule has 1 heterocycles. The molecule has 1 N–H and O–H groups in total. The summed E-state index contributed by atoms with van der Waals surface area (Å²) in [7, 11) is 0. The van der Waals surface area contributed by atoms with Crippen molar-refractivity contribution in [2.24, 2.45) is 0 Å². The minimum Gasteiger partial charge on any atom is -0.310 e. The van der Waals surface area contributed by atoms with Gasteiger partial charge in [-0.3, -0.25) is 4.98 Å². The van der Waals surface area contributed by atoms with E-state index in [0.29, 0.717) is 0 Å². The SMILES string of the molecule is CCNC(Cc1cncc(Br)c1)c1ccccc1Br. The molecule has 0 saturated heterocycles. The van der Waals surface area contributed by atoms with Crippen molar-refractivity contribution in [3.05, 3.63) is 62.8 Å². The van der Waals surface area contributed by atoms with Crippen molar-refractivity contribution in [1.29, 1.82) is 0 Å². The van der Waals surface area contributed by atoms with Crippen LogP contribution in [-0.2, 0) is 6.42 Å². The van der Waals surface area contributed by atoms with Gasteiger partial charge in [0.05, 0.1) is 0 Å². The maximum atomic E-state index is 4.23. The molecule has 1 aromatic carbocycles. The summed E-state index contributed by atoms with van der Waals surface area (Å²) in [6, 6.07) is 10.8. The second kappa shape index (κ2) is 7.17. The van der Waals surface area contributed by atoms with Crippen LogP contribution in [0.15, 0.2) is 51.7 Å². The van der Waals surface area contributed by atoms with Gasteiger partial charge in [0.25, 0.3) is 0 Å². The largest absolute Gasteiger partial charge is 0.310 e. The first-order chi connectivity index (χ1) is 9.20. The van der Waals surface area contributed by atoms with Gasteiger partial charge in [0, 0.05) is 27.4 Å². The van der Waals surface area contributed by atoms with Crippen LogP contribution < -0.4 is 5.32 Å². The van der Waals surface area contributed by atoms with E-state index in [1.807, 2.05) is 18.5 Å². The fourth-order valence-electron chi connectivity index (χ4n) is 2.10. The predicted octanol–water partition coefficient (Wildman–Crippen LogP) is 4.50. The van der Waals surface area contributed by atoms with Crippen molar-refractivity contribution in [3.8, 4) is 0 Å². The smallest absolute Gasteiger partial charge is 0.0410 e. The second-order valence-electron chi connectivity index (χ2n) is 4.35. The normalized spacial score (nSPS) is 12.4. The molecular weight excluding hydrogens is 368 g/mol. The average molecular weight is 384 g/mol. The molecule has 100 valence electrons. The standard InChI is InChI=1S/C15H16Br2N2/c1-2-19-15(13-5-3-4-6-14(13)17)8-11-7-12(16)10-18-9-11/h3-7,9-10,15,19H,2,8H2,1H3. The maximum absolute atomic E-state index is 4.23. The molecule has 4 heteroatoms. The first kappa shape index (κ1) is 14.7. The third kappa shape index (κ3) is 4.13. The van der Waals surface area contributed by atoms with Crippen molar-refractivity contribution in [2.75, 3.05) is 6.54 Å². The number of hydrogen-bond acceptors (Lipinski definition) is 2. The van der Waals surface area contributed by atoms with Gasteiger partial charge in [-0.25, -0.2) is 0 Å². The first-order valence-electron chi connectivity index (χ1n) is 6.28. The van der Waals surface area contributed by atoms with Crippen LogP contribution in [0.2, 0.25) is 0 Å². The van der Waals surface area contributed by atoms with Crippen LogP contribution in [0.25, 0.3) is 0 Å². The Morgan fingerprint density at radius 2 is 2.00 bits per heavy atom. The van der Waals surface area contributed by atoms with E-state index in [2.05, 4.69) is 73.3 Å². The van der Waals surface area contributed by atoms with Crippen molar-refractivity contribution >= 4 is 31.9 Å². The van der Waals surface area contributed by atoms with Crippen LogP contribution in [0.5, 0.6) is 0 Å². The van der Waals surface area contributed by atoms with Gasteiger partial charge >= 0.3 is 0 Å². The summed E-state index contributed by atoms with van der Waals surface area (Å²) in [4.78, 5) is 4.23. The van der Waals surface area contributed by atoms with Crippen LogP contribution in [0.1, 0.15) is 24.1 Å². The zero-order chi connectivity index (χ0) is 13.7. The summed E-state index contributed by atoms with van der Waals surface area (Å²) in [5.41, 5.74) is 2.50.